The van der Waals surface area contributed by atoms with Crippen molar-refractivity contribution in [3.8, 4) is 11.5 Å². The van der Waals surface area contributed by atoms with Crippen LogP contribution in [0.15, 0.2) is 24.3 Å². The molecular formula is C20H36N2O10. The van der Waals surface area contributed by atoms with Crippen molar-refractivity contribution in [3.05, 3.63) is 24.3 Å². The van der Waals surface area contributed by atoms with Crippen LogP contribution in [0.2, 0.25) is 0 Å². The molecule has 10 N–H and O–H groups in total. The first-order valence-electron chi connectivity index (χ1n) is 10.2. The van der Waals surface area contributed by atoms with Crippen molar-refractivity contribution in [3.63, 3.8) is 0 Å². The van der Waals surface area contributed by atoms with Gasteiger partial charge in [-0.05, 0) is 24.3 Å². The Morgan fingerprint density at radius 1 is 0.594 bits per heavy atom. The fraction of sp³-hybridized carbons (Fsp3) is 0.700. The number of nitrogens with one attached hydrogen (secondary N) is 2. The fourth-order valence-corrected chi connectivity index (χ4v) is 2.44. The summed E-state index contributed by atoms with van der Waals surface area (Å²) in [4.78, 5) is 0. The molecule has 1 rings (SSSR count). The molecule has 0 aromatic heterocycles. The van der Waals surface area contributed by atoms with Gasteiger partial charge in [-0.15, -0.1) is 0 Å². The van der Waals surface area contributed by atoms with Crippen LogP contribution >= 0.6 is 0 Å². The van der Waals surface area contributed by atoms with E-state index < -0.39 is 62.9 Å². The first kappa shape index (κ1) is 28.5. The van der Waals surface area contributed by atoms with Crippen LogP contribution in [-0.2, 0) is 0 Å². The predicted molar refractivity (Wildman–Crippen MR) is 113 cm³/mol. The van der Waals surface area contributed by atoms with E-state index in [4.69, 9.17) is 9.47 Å². The zero-order valence-electron chi connectivity index (χ0n) is 17.9. The third-order valence-corrected chi connectivity index (χ3v) is 4.95. The molecule has 0 aliphatic heterocycles. The van der Waals surface area contributed by atoms with Crippen molar-refractivity contribution in [2.75, 3.05) is 65.9 Å². The molecule has 0 aliphatic rings. The highest BCUT2D eigenvalue weighted by Gasteiger charge is 2.29. The zero-order chi connectivity index (χ0) is 24.0. The monoisotopic (exact) mass is 464 g/mol. The van der Waals surface area contributed by atoms with Crippen molar-refractivity contribution < 1.29 is 50.3 Å². The van der Waals surface area contributed by atoms with Gasteiger partial charge in [0.15, 0.2) is 0 Å². The molecule has 0 aliphatic carbocycles. The summed E-state index contributed by atoms with van der Waals surface area (Å²) in [6.45, 7) is -3.14. The van der Waals surface area contributed by atoms with E-state index in [1.54, 1.807) is 24.3 Å². The molecule has 12 heteroatoms. The number of hydrogen-bond donors (Lipinski definition) is 10. The highest BCUT2D eigenvalue weighted by atomic mass is 16.5. The van der Waals surface area contributed by atoms with Crippen LogP contribution < -0.4 is 20.1 Å². The summed E-state index contributed by atoms with van der Waals surface area (Å²) in [6.07, 6.45) is -1.91. The van der Waals surface area contributed by atoms with Gasteiger partial charge in [0.05, 0.1) is 50.7 Å². The number of benzene rings is 1. The molecule has 0 spiro atoms. The lowest BCUT2D eigenvalue weighted by molar-refractivity contribution is 0.0255. The molecule has 186 valence electrons. The van der Waals surface area contributed by atoms with Crippen molar-refractivity contribution in [1.29, 1.82) is 0 Å². The Morgan fingerprint density at radius 2 is 0.875 bits per heavy atom. The summed E-state index contributed by atoms with van der Waals surface area (Å²) in [5.41, 5.74) is -2.56. The Bertz CT molecular complexity index is 541. The second-order valence-electron chi connectivity index (χ2n) is 7.67. The van der Waals surface area contributed by atoms with Crippen LogP contribution in [0.25, 0.3) is 0 Å². The summed E-state index contributed by atoms with van der Waals surface area (Å²) >= 11 is 0. The van der Waals surface area contributed by atoms with Crippen LogP contribution in [0.1, 0.15) is 0 Å². The molecule has 0 amide bonds. The lowest BCUT2D eigenvalue weighted by Gasteiger charge is -2.30. The van der Waals surface area contributed by atoms with Crippen molar-refractivity contribution in [1.82, 2.24) is 10.6 Å². The Balaban J connectivity index is 2.39. The van der Waals surface area contributed by atoms with Gasteiger partial charge in [0.25, 0.3) is 0 Å². The van der Waals surface area contributed by atoms with E-state index >= 15 is 0 Å². The Hall–Kier alpha value is -1.58. The van der Waals surface area contributed by atoms with E-state index in [1.165, 1.54) is 0 Å². The molecule has 2 atom stereocenters. The number of aliphatic hydroxyl groups excluding tert-OH is 8. The number of hydrogen-bond acceptors (Lipinski definition) is 12. The maximum Gasteiger partial charge on any atom is 0.119 e. The highest BCUT2D eigenvalue weighted by molar-refractivity contribution is 5.31. The summed E-state index contributed by atoms with van der Waals surface area (Å²) in [7, 11) is 0. The lowest BCUT2D eigenvalue weighted by Crippen LogP contribution is -2.57. The maximum absolute atomic E-state index is 9.98. The molecule has 12 nitrogen and oxygen atoms in total. The van der Waals surface area contributed by atoms with Gasteiger partial charge in [-0.25, -0.2) is 0 Å². The van der Waals surface area contributed by atoms with Crippen molar-refractivity contribution in [2.24, 2.45) is 0 Å². The summed E-state index contributed by atoms with van der Waals surface area (Å²) in [5, 5.41) is 80.9. The third-order valence-electron chi connectivity index (χ3n) is 4.95. The quantitative estimate of drug-likeness (QED) is 0.100. The van der Waals surface area contributed by atoms with Gasteiger partial charge in [-0.1, -0.05) is 0 Å². The number of β-amino-alcohol motifs (C(OH)–C–C–N with tert-alkyl or cyclic N) is 2. The van der Waals surface area contributed by atoms with E-state index in [0.717, 1.165) is 0 Å². The van der Waals surface area contributed by atoms with Gasteiger partial charge < -0.3 is 61.0 Å². The van der Waals surface area contributed by atoms with E-state index in [0.29, 0.717) is 11.5 Å². The molecule has 0 bridgehead atoms. The third kappa shape index (κ3) is 9.11. The Labute approximate surface area is 186 Å². The first-order valence-corrected chi connectivity index (χ1v) is 10.2. The molecule has 1 aromatic rings. The van der Waals surface area contributed by atoms with Gasteiger partial charge >= 0.3 is 0 Å². The molecule has 32 heavy (non-hydrogen) atoms. The van der Waals surface area contributed by atoms with Gasteiger partial charge in [0, 0.05) is 13.1 Å². The molecular weight excluding hydrogens is 428 g/mol. The molecule has 0 saturated carbocycles. The topological polar surface area (TPSA) is 204 Å². The molecule has 1 aromatic carbocycles. The minimum Gasteiger partial charge on any atom is -0.491 e. The molecule has 0 saturated heterocycles. The number of rotatable bonds is 18. The van der Waals surface area contributed by atoms with Gasteiger partial charge in [0.2, 0.25) is 0 Å². The Kier molecular flexibility index (Phi) is 12.9. The van der Waals surface area contributed by atoms with E-state index in [1.807, 2.05) is 0 Å². The molecule has 0 heterocycles. The Morgan fingerprint density at radius 3 is 1.12 bits per heavy atom. The number of ether oxygens (including phenoxy) is 2. The van der Waals surface area contributed by atoms with Gasteiger partial charge in [0.1, 0.15) is 36.9 Å². The highest BCUT2D eigenvalue weighted by Crippen LogP contribution is 2.18. The predicted octanol–water partition coefficient (Wildman–Crippen LogP) is -4.22. The van der Waals surface area contributed by atoms with Crippen molar-refractivity contribution >= 4 is 0 Å². The van der Waals surface area contributed by atoms with Crippen LogP contribution in [0.5, 0.6) is 11.5 Å². The van der Waals surface area contributed by atoms with Crippen molar-refractivity contribution in [2.45, 2.75) is 23.3 Å². The fourth-order valence-electron chi connectivity index (χ4n) is 2.44. The van der Waals surface area contributed by atoms with E-state index in [2.05, 4.69) is 10.6 Å². The van der Waals surface area contributed by atoms with Gasteiger partial charge in [-0.3, -0.25) is 0 Å². The smallest absolute Gasteiger partial charge is 0.119 e. The van der Waals surface area contributed by atoms with Gasteiger partial charge in [-0.2, -0.15) is 0 Å². The standard InChI is InChI=1S/C20H36N2O10/c23-9-19(10-24,11-25)21-5-15(29)7-31-17-1-2-18(4-3-17)32-8-16(30)6-22-20(12-26,13-27)14-28/h1-4,15-16,21-30H,5-14H2. The largest absolute Gasteiger partial charge is 0.491 e. The van der Waals surface area contributed by atoms with Crippen LogP contribution in [0.3, 0.4) is 0 Å². The normalized spacial score (nSPS) is 14.2. The number of aliphatic hydroxyl groups is 8. The molecule has 0 radical (unpaired) electrons. The second kappa shape index (κ2) is 14.5. The second-order valence-corrected chi connectivity index (χ2v) is 7.67. The first-order chi connectivity index (χ1) is 15.3. The van der Waals surface area contributed by atoms with E-state index in [-0.39, 0.29) is 26.3 Å². The summed E-state index contributed by atoms with van der Waals surface area (Å²) in [5.74, 6) is 0.907. The average Bonchev–Trinajstić information content (AvgIpc) is 2.84. The van der Waals surface area contributed by atoms with Crippen LogP contribution in [-0.4, -0.2) is 130 Å². The average molecular weight is 465 g/mol. The van der Waals surface area contributed by atoms with Crippen LogP contribution in [0, 0.1) is 0 Å². The zero-order valence-corrected chi connectivity index (χ0v) is 17.9. The SMILES string of the molecule is OCC(CO)(CO)NCC(O)COc1ccc(OCC(O)CNC(CO)(CO)CO)cc1. The summed E-state index contributed by atoms with van der Waals surface area (Å²) in [6, 6.07) is 6.42. The molecule has 2 unspecified atom stereocenters. The van der Waals surface area contributed by atoms with Crippen LogP contribution in [0.4, 0.5) is 0 Å². The minimum absolute atomic E-state index is 0.0150. The molecule has 0 fully saturated rings. The minimum atomic E-state index is -1.28. The lowest BCUT2D eigenvalue weighted by atomic mass is 10.0. The van der Waals surface area contributed by atoms with E-state index in [9.17, 15) is 40.9 Å². The maximum atomic E-state index is 9.98. The summed E-state index contributed by atoms with van der Waals surface area (Å²) < 4.78 is 10.9.